The summed E-state index contributed by atoms with van der Waals surface area (Å²) >= 11 is 0. The molecule has 0 unspecified atom stereocenters. The molecule has 0 bridgehead atoms. The fraction of sp³-hybridized carbons (Fsp3) is 0.500. The highest BCUT2D eigenvalue weighted by atomic mass is 16.5. The van der Waals surface area contributed by atoms with E-state index < -0.39 is 23.3 Å². The molecule has 2 N–H and O–H groups in total. The van der Waals surface area contributed by atoms with Crippen molar-refractivity contribution >= 4 is 17.9 Å². The van der Waals surface area contributed by atoms with Gasteiger partial charge < -0.3 is 14.9 Å². The summed E-state index contributed by atoms with van der Waals surface area (Å²) in [6.07, 6.45) is 0. The van der Waals surface area contributed by atoms with Crippen molar-refractivity contribution in [2.45, 2.75) is 6.92 Å². The summed E-state index contributed by atoms with van der Waals surface area (Å²) in [6, 6.07) is 0. The van der Waals surface area contributed by atoms with E-state index in [0.29, 0.717) is 0 Å². The van der Waals surface area contributed by atoms with Gasteiger partial charge in [-0.1, -0.05) is 0 Å². The van der Waals surface area contributed by atoms with Crippen LogP contribution in [-0.4, -0.2) is 35.2 Å². The minimum atomic E-state index is -2.52. The van der Waals surface area contributed by atoms with Crippen LogP contribution in [0.1, 0.15) is 6.92 Å². The van der Waals surface area contributed by atoms with Crippen molar-refractivity contribution in [3.63, 3.8) is 0 Å². The van der Waals surface area contributed by atoms with Gasteiger partial charge >= 0.3 is 17.9 Å². The predicted octanol–water partition coefficient (Wildman–Crippen LogP) is -0.665. The molecule has 0 spiro atoms. The quantitative estimate of drug-likeness (QED) is 0.437. The Labute approximate surface area is 67.8 Å². The first-order valence-corrected chi connectivity index (χ1v) is 2.92. The maximum Gasteiger partial charge on any atom is 0.334 e. The first-order valence-electron chi connectivity index (χ1n) is 2.92. The van der Waals surface area contributed by atoms with Gasteiger partial charge in [0.2, 0.25) is 0 Å². The molecule has 0 aromatic carbocycles. The molecular formula is C6H8O6. The van der Waals surface area contributed by atoms with E-state index >= 15 is 0 Å². The van der Waals surface area contributed by atoms with Crippen LogP contribution in [0.4, 0.5) is 0 Å². The van der Waals surface area contributed by atoms with Crippen molar-refractivity contribution in [3.8, 4) is 0 Å². The molecule has 68 valence electrons. The molecule has 0 atom stereocenters. The van der Waals surface area contributed by atoms with Crippen LogP contribution < -0.4 is 0 Å². The van der Waals surface area contributed by atoms with Gasteiger partial charge in [-0.15, -0.1) is 0 Å². The Kier molecular flexibility index (Phi) is 2.78. The number of carbonyl (C=O) groups excluding carboxylic acids is 1. The van der Waals surface area contributed by atoms with Crippen molar-refractivity contribution < 1.29 is 29.3 Å². The molecule has 0 fully saturated rings. The first-order chi connectivity index (χ1) is 5.37. The fourth-order valence-electron chi connectivity index (χ4n) is 0.470. The van der Waals surface area contributed by atoms with Crippen LogP contribution in [0.2, 0.25) is 0 Å². The number of hydrogen-bond acceptors (Lipinski definition) is 4. The number of aliphatic carboxylic acids is 2. The lowest BCUT2D eigenvalue weighted by Crippen LogP contribution is -2.44. The molecule has 0 saturated heterocycles. The smallest absolute Gasteiger partial charge is 0.334 e. The van der Waals surface area contributed by atoms with Gasteiger partial charge in [0.15, 0.2) is 0 Å². The minimum Gasteiger partial charge on any atom is -0.480 e. The zero-order valence-corrected chi connectivity index (χ0v) is 6.53. The molecule has 0 aliphatic carbocycles. The molecular weight excluding hydrogens is 168 g/mol. The van der Waals surface area contributed by atoms with Gasteiger partial charge in [-0.2, -0.15) is 0 Å². The van der Waals surface area contributed by atoms with Gasteiger partial charge in [-0.05, 0) is 6.92 Å². The summed E-state index contributed by atoms with van der Waals surface area (Å²) < 4.78 is 4.04. The molecule has 0 aromatic rings. The third-order valence-electron chi connectivity index (χ3n) is 1.45. The van der Waals surface area contributed by atoms with Gasteiger partial charge in [-0.25, -0.2) is 0 Å². The fourth-order valence-corrected chi connectivity index (χ4v) is 0.470. The van der Waals surface area contributed by atoms with E-state index in [1.54, 1.807) is 0 Å². The topological polar surface area (TPSA) is 101 Å². The molecule has 0 radical (unpaired) electrons. The lowest BCUT2D eigenvalue weighted by atomic mass is 9.91. The van der Waals surface area contributed by atoms with E-state index in [2.05, 4.69) is 4.74 Å². The summed E-state index contributed by atoms with van der Waals surface area (Å²) in [5.74, 6) is -4.80. The van der Waals surface area contributed by atoms with Crippen LogP contribution in [-0.2, 0) is 19.1 Å². The largest absolute Gasteiger partial charge is 0.480 e. The van der Waals surface area contributed by atoms with Crippen LogP contribution in [0, 0.1) is 5.41 Å². The summed E-state index contributed by atoms with van der Waals surface area (Å²) in [4.78, 5) is 31.5. The van der Waals surface area contributed by atoms with E-state index in [9.17, 15) is 14.4 Å². The minimum absolute atomic E-state index is 0.767. The van der Waals surface area contributed by atoms with Crippen molar-refractivity contribution in [1.29, 1.82) is 0 Å². The average molecular weight is 176 g/mol. The second-order valence-electron chi connectivity index (χ2n) is 2.23. The average Bonchev–Trinajstić information content (AvgIpc) is 2.00. The number of esters is 1. The second kappa shape index (κ2) is 3.21. The molecule has 0 rings (SSSR count). The van der Waals surface area contributed by atoms with Crippen LogP contribution in [0.25, 0.3) is 0 Å². The lowest BCUT2D eigenvalue weighted by molar-refractivity contribution is -0.175. The maximum absolute atomic E-state index is 10.7. The van der Waals surface area contributed by atoms with E-state index in [1.807, 2.05) is 0 Å². The van der Waals surface area contributed by atoms with Gasteiger partial charge in [0.1, 0.15) is 0 Å². The maximum atomic E-state index is 10.7. The molecule has 6 heteroatoms. The number of ether oxygens (including phenoxy) is 1. The normalized spacial score (nSPS) is 10.5. The van der Waals surface area contributed by atoms with E-state index in [1.165, 1.54) is 0 Å². The Morgan fingerprint density at radius 2 is 1.50 bits per heavy atom. The first kappa shape index (κ1) is 10.4. The van der Waals surface area contributed by atoms with E-state index in [-0.39, 0.29) is 0 Å². The number of carboxylic acids is 2. The monoisotopic (exact) mass is 176 g/mol. The van der Waals surface area contributed by atoms with Crippen LogP contribution in [0.5, 0.6) is 0 Å². The number of carbonyl (C=O) groups is 3. The van der Waals surface area contributed by atoms with Gasteiger partial charge in [0.25, 0.3) is 5.41 Å². The Morgan fingerprint density at radius 3 is 1.58 bits per heavy atom. The molecule has 0 aromatic heterocycles. The lowest BCUT2D eigenvalue weighted by Gasteiger charge is -2.15. The van der Waals surface area contributed by atoms with Crippen molar-refractivity contribution in [3.05, 3.63) is 0 Å². The summed E-state index contributed by atoms with van der Waals surface area (Å²) in [5, 5.41) is 16.8. The number of carboxylic acid groups (broad SMARTS) is 2. The molecule has 0 aliphatic rings. The summed E-state index contributed by atoms with van der Waals surface area (Å²) in [5.41, 5.74) is -2.52. The van der Waals surface area contributed by atoms with E-state index in [4.69, 9.17) is 10.2 Å². The van der Waals surface area contributed by atoms with Gasteiger partial charge in [-0.3, -0.25) is 14.4 Å². The van der Waals surface area contributed by atoms with Gasteiger partial charge in [0.05, 0.1) is 7.11 Å². The van der Waals surface area contributed by atoms with Crippen LogP contribution in [0.15, 0.2) is 0 Å². The van der Waals surface area contributed by atoms with Crippen LogP contribution in [0.3, 0.4) is 0 Å². The zero-order valence-electron chi connectivity index (χ0n) is 6.53. The van der Waals surface area contributed by atoms with E-state index in [0.717, 1.165) is 14.0 Å². The highest BCUT2D eigenvalue weighted by Crippen LogP contribution is 2.18. The Morgan fingerprint density at radius 1 is 1.17 bits per heavy atom. The van der Waals surface area contributed by atoms with Crippen molar-refractivity contribution in [2.24, 2.45) is 5.41 Å². The summed E-state index contributed by atoms with van der Waals surface area (Å²) in [7, 11) is 0.923. The molecule has 6 nitrogen and oxygen atoms in total. The Balaban J connectivity index is 5.01. The third-order valence-corrected chi connectivity index (χ3v) is 1.45. The Bertz CT molecular complexity index is 216. The highest BCUT2D eigenvalue weighted by molar-refractivity contribution is 6.16. The highest BCUT2D eigenvalue weighted by Gasteiger charge is 2.50. The molecule has 12 heavy (non-hydrogen) atoms. The Hall–Kier alpha value is -1.59. The SMILES string of the molecule is COC(=O)C(C)(C(=O)O)C(=O)O. The number of rotatable bonds is 3. The number of hydrogen-bond donors (Lipinski definition) is 2. The van der Waals surface area contributed by atoms with Crippen molar-refractivity contribution in [1.82, 2.24) is 0 Å². The van der Waals surface area contributed by atoms with Crippen LogP contribution >= 0.6 is 0 Å². The zero-order chi connectivity index (χ0) is 9.94. The summed E-state index contributed by atoms with van der Waals surface area (Å²) in [6.45, 7) is 0.767. The molecule has 0 aliphatic heterocycles. The number of methoxy groups -OCH3 is 1. The molecule has 0 amide bonds. The van der Waals surface area contributed by atoms with Crippen molar-refractivity contribution in [2.75, 3.05) is 7.11 Å². The predicted molar refractivity (Wildman–Crippen MR) is 35.4 cm³/mol. The standard InChI is InChI=1S/C6H8O6/c1-6(3(7)8,4(9)10)5(11)12-2/h1-2H3,(H,7,8)(H,9,10). The molecule has 0 saturated carbocycles. The molecule has 0 heterocycles. The second-order valence-corrected chi connectivity index (χ2v) is 2.23. The van der Waals surface area contributed by atoms with Gasteiger partial charge in [0, 0.05) is 0 Å². The third kappa shape index (κ3) is 1.36.